The smallest absolute Gasteiger partial charge is 0.209 e. The van der Waals surface area contributed by atoms with Crippen LogP contribution in [0.4, 0.5) is 0 Å². The fourth-order valence-corrected chi connectivity index (χ4v) is 2.54. The van der Waals surface area contributed by atoms with E-state index in [1.54, 1.807) is 6.21 Å². The SMILES string of the molecule is CCCCCCCCN=Cc1sc(=S)[nH]c1O. The van der Waals surface area contributed by atoms with Crippen LogP contribution in [-0.2, 0) is 0 Å². The Labute approximate surface area is 112 Å². The summed E-state index contributed by atoms with van der Waals surface area (Å²) in [5.41, 5.74) is 0. The molecule has 3 nitrogen and oxygen atoms in total. The summed E-state index contributed by atoms with van der Waals surface area (Å²) in [4.78, 5) is 7.70. The first-order chi connectivity index (χ1) is 8.24. The van der Waals surface area contributed by atoms with Crippen molar-refractivity contribution in [3.8, 4) is 5.88 Å². The summed E-state index contributed by atoms with van der Waals surface area (Å²) >= 11 is 6.27. The summed E-state index contributed by atoms with van der Waals surface area (Å²) < 4.78 is 0.587. The van der Waals surface area contributed by atoms with Crippen molar-refractivity contribution in [3.05, 3.63) is 8.83 Å². The summed E-state index contributed by atoms with van der Waals surface area (Å²) in [6.45, 7) is 3.05. The van der Waals surface area contributed by atoms with Gasteiger partial charge in [0.15, 0.2) is 3.95 Å². The van der Waals surface area contributed by atoms with Crippen molar-refractivity contribution in [1.82, 2.24) is 4.98 Å². The van der Waals surface area contributed by atoms with Crippen LogP contribution in [0, 0.1) is 3.95 Å². The molecule has 0 radical (unpaired) electrons. The zero-order valence-electron chi connectivity index (χ0n) is 10.2. The van der Waals surface area contributed by atoms with Crippen molar-refractivity contribution in [1.29, 1.82) is 0 Å². The minimum atomic E-state index is 0.131. The highest BCUT2D eigenvalue weighted by molar-refractivity contribution is 7.73. The third-order valence-electron chi connectivity index (χ3n) is 2.51. The van der Waals surface area contributed by atoms with Crippen molar-refractivity contribution in [2.45, 2.75) is 45.4 Å². The predicted octanol–water partition coefficient (Wildman–Crippen LogP) is 4.29. The lowest BCUT2D eigenvalue weighted by atomic mass is 10.1. The van der Waals surface area contributed by atoms with Crippen molar-refractivity contribution < 1.29 is 5.11 Å². The first-order valence-corrected chi connectivity index (χ1v) is 7.38. The molecule has 0 amide bonds. The van der Waals surface area contributed by atoms with E-state index < -0.39 is 0 Å². The van der Waals surface area contributed by atoms with Gasteiger partial charge in [0, 0.05) is 12.8 Å². The van der Waals surface area contributed by atoms with Gasteiger partial charge in [0.25, 0.3) is 0 Å². The maximum Gasteiger partial charge on any atom is 0.209 e. The largest absolute Gasteiger partial charge is 0.494 e. The zero-order chi connectivity index (χ0) is 12.5. The van der Waals surface area contributed by atoms with Crippen LogP contribution in [0.1, 0.15) is 50.3 Å². The number of aromatic nitrogens is 1. The number of hydrogen-bond donors (Lipinski definition) is 2. The van der Waals surface area contributed by atoms with Crippen LogP contribution in [-0.4, -0.2) is 22.8 Å². The predicted molar refractivity (Wildman–Crippen MR) is 77.0 cm³/mol. The van der Waals surface area contributed by atoms with Crippen molar-refractivity contribution >= 4 is 29.8 Å². The molecule has 0 aromatic carbocycles. The minimum absolute atomic E-state index is 0.131. The van der Waals surface area contributed by atoms with Gasteiger partial charge >= 0.3 is 0 Å². The Morgan fingerprint density at radius 2 is 2.00 bits per heavy atom. The molecule has 0 unspecified atom stereocenters. The fourth-order valence-electron chi connectivity index (χ4n) is 1.55. The fraction of sp³-hybridized carbons (Fsp3) is 0.667. The molecule has 0 fully saturated rings. The van der Waals surface area contributed by atoms with E-state index in [1.165, 1.54) is 43.4 Å². The highest BCUT2D eigenvalue weighted by atomic mass is 32.1. The Bertz CT molecular complexity index is 395. The first kappa shape index (κ1) is 14.4. The highest BCUT2D eigenvalue weighted by Gasteiger charge is 2.00. The summed E-state index contributed by atoms with van der Waals surface area (Å²) in [7, 11) is 0. The van der Waals surface area contributed by atoms with Crippen molar-refractivity contribution in [2.24, 2.45) is 4.99 Å². The summed E-state index contributed by atoms with van der Waals surface area (Å²) in [6.07, 6.45) is 9.33. The van der Waals surface area contributed by atoms with E-state index in [2.05, 4.69) is 16.9 Å². The number of aliphatic imine (C=N–C) groups is 1. The van der Waals surface area contributed by atoms with E-state index in [4.69, 9.17) is 12.2 Å². The third kappa shape index (κ3) is 5.98. The molecule has 0 spiro atoms. The standard InChI is InChI=1S/C12H20N2OS2/c1-2-3-4-5-6-7-8-13-9-10-11(15)14-12(16)17-10/h9,15H,2-8H2,1H3,(H,14,16). The second-order valence-electron chi connectivity index (χ2n) is 4.03. The number of aromatic amines is 1. The van der Waals surface area contributed by atoms with E-state index in [9.17, 15) is 5.11 Å². The molecule has 0 saturated heterocycles. The van der Waals surface area contributed by atoms with Crippen LogP contribution in [0.5, 0.6) is 5.88 Å². The molecule has 0 atom stereocenters. The van der Waals surface area contributed by atoms with Crippen LogP contribution in [0.3, 0.4) is 0 Å². The van der Waals surface area contributed by atoms with Gasteiger partial charge in [0.2, 0.25) is 5.88 Å². The Hall–Kier alpha value is -0.680. The molecule has 1 rings (SSSR count). The van der Waals surface area contributed by atoms with Gasteiger partial charge in [-0.25, -0.2) is 0 Å². The maximum atomic E-state index is 9.43. The molecular formula is C12H20N2OS2. The van der Waals surface area contributed by atoms with Gasteiger partial charge in [-0.15, -0.1) is 0 Å². The van der Waals surface area contributed by atoms with Gasteiger partial charge in [-0.3, -0.25) is 4.99 Å². The lowest BCUT2D eigenvalue weighted by Crippen LogP contribution is -1.84. The minimum Gasteiger partial charge on any atom is -0.494 e. The zero-order valence-corrected chi connectivity index (χ0v) is 11.9. The van der Waals surface area contributed by atoms with Crippen molar-refractivity contribution in [2.75, 3.05) is 6.54 Å². The number of unbranched alkanes of at least 4 members (excludes halogenated alkanes) is 5. The van der Waals surface area contributed by atoms with Crippen molar-refractivity contribution in [3.63, 3.8) is 0 Å². The second kappa shape index (κ2) is 8.42. The number of rotatable bonds is 8. The summed E-state index contributed by atoms with van der Waals surface area (Å²) in [5.74, 6) is 0.131. The maximum absolute atomic E-state index is 9.43. The third-order valence-corrected chi connectivity index (χ3v) is 3.66. The van der Waals surface area contributed by atoms with E-state index in [-0.39, 0.29) is 5.88 Å². The van der Waals surface area contributed by atoms with Crippen LogP contribution < -0.4 is 0 Å². The average molecular weight is 272 g/mol. The van der Waals surface area contributed by atoms with Gasteiger partial charge < -0.3 is 10.1 Å². The number of hydrogen-bond acceptors (Lipinski definition) is 4. The van der Waals surface area contributed by atoms with E-state index >= 15 is 0 Å². The Morgan fingerprint density at radius 1 is 1.29 bits per heavy atom. The molecule has 0 aliphatic heterocycles. The van der Waals surface area contributed by atoms with Crippen LogP contribution in [0.25, 0.3) is 0 Å². The average Bonchev–Trinajstić information content (AvgIpc) is 2.61. The molecule has 0 saturated carbocycles. The quantitative estimate of drug-likeness (QED) is 0.421. The lowest BCUT2D eigenvalue weighted by molar-refractivity contribution is 0.456. The van der Waals surface area contributed by atoms with Gasteiger partial charge in [0.1, 0.15) is 4.88 Å². The molecule has 0 aliphatic rings. The number of H-pyrrole nitrogens is 1. The molecular weight excluding hydrogens is 252 g/mol. The molecule has 96 valence electrons. The van der Waals surface area contributed by atoms with Gasteiger partial charge in [-0.1, -0.05) is 50.4 Å². The molecule has 1 heterocycles. The molecule has 1 aromatic heterocycles. The Morgan fingerprint density at radius 3 is 2.65 bits per heavy atom. The van der Waals surface area contributed by atoms with E-state index in [1.807, 2.05) is 0 Å². The van der Waals surface area contributed by atoms with Gasteiger partial charge in [-0.2, -0.15) is 0 Å². The van der Waals surface area contributed by atoms with Crippen LogP contribution in [0.15, 0.2) is 4.99 Å². The van der Waals surface area contributed by atoms with E-state index in [0.717, 1.165) is 17.8 Å². The normalized spacial score (nSPS) is 11.4. The van der Waals surface area contributed by atoms with Crippen LogP contribution >= 0.6 is 23.6 Å². The lowest BCUT2D eigenvalue weighted by Gasteiger charge is -1.97. The van der Waals surface area contributed by atoms with Gasteiger partial charge in [-0.05, 0) is 18.6 Å². The molecule has 0 bridgehead atoms. The summed E-state index contributed by atoms with van der Waals surface area (Å²) in [6, 6.07) is 0. The second-order valence-corrected chi connectivity index (χ2v) is 5.75. The highest BCUT2D eigenvalue weighted by Crippen LogP contribution is 2.18. The van der Waals surface area contributed by atoms with E-state index in [0.29, 0.717) is 3.95 Å². The molecule has 2 N–H and O–H groups in total. The number of aromatic hydroxyl groups is 1. The number of nitrogens with zero attached hydrogens (tertiary/aromatic N) is 1. The molecule has 1 aromatic rings. The number of nitrogens with one attached hydrogen (secondary N) is 1. The first-order valence-electron chi connectivity index (χ1n) is 6.16. The molecule has 5 heteroatoms. The Balaban J connectivity index is 2.14. The number of thiazole rings is 1. The molecule has 17 heavy (non-hydrogen) atoms. The van der Waals surface area contributed by atoms with Crippen LogP contribution in [0.2, 0.25) is 0 Å². The monoisotopic (exact) mass is 272 g/mol. The molecule has 0 aliphatic carbocycles. The Kier molecular flexibility index (Phi) is 7.12. The van der Waals surface area contributed by atoms with Gasteiger partial charge in [0.05, 0.1) is 0 Å². The summed E-state index contributed by atoms with van der Waals surface area (Å²) in [5, 5.41) is 9.43. The topological polar surface area (TPSA) is 48.4 Å².